The Hall–Kier alpha value is -5.67. The van der Waals surface area contributed by atoms with Crippen molar-refractivity contribution in [1.82, 2.24) is 5.32 Å². The van der Waals surface area contributed by atoms with E-state index in [-0.39, 0.29) is 37.4 Å². The van der Waals surface area contributed by atoms with Crippen LogP contribution in [0.4, 0.5) is 32.0 Å². The summed E-state index contributed by atoms with van der Waals surface area (Å²) in [6.45, 7) is 0.239. The number of carboxylic acid groups (broad SMARTS) is 1. The first-order valence-corrected chi connectivity index (χ1v) is 16.8. The minimum Gasteiger partial charge on any atom is -0.475 e. The lowest BCUT2D eigenvalue weighted by molar-refractivity contribution is -0.192. The van der Waals surface area contributed by atoms with E-state index in [2.05, 4.69) is 10.7 Å². The summed E-state index contributed by atoms with van der Waals surface area (Å²) in [4.78, 5) is 37.0. The zero-order chi connectivity index (χ0) is 38.6. The van der Waals surface area contributed by atoms with Crippen LogP contribution in [0.2, 0.25) is 0 Å². The van der Waals surface area contributed by atoms with Crippen molar-refractivity contribution in [1.29, 1.82) is 0 Å². The molecule has 0 saturated heterocycles. The molecule has 0 saturated carbocycles. The lowest BCUT2D eigenvalue weighted by Crippen LogP contribution is -2.32. The molecule has 15 heteroatoms. The van der Waals surface area contributed by atoms with Crippen LogP contribution in [0.25, 0.3) is 11.1 Å². The third kappa shape index (κ3) is 11.9. The standard InChI is InChI=1S/C36H32F3N3O3S.C2HF3O2/c37-36(38,39)31-9-2-1-7-28(31)22-41-34(43)16-17-35(44)42(23-25-12-14-27(15-13-25)29-18-19-46-24-29)32-10-3-4-11-33(32)45-30-8-5-6-26(20-30)21-40;3-2(4,5)1(6)7/h1-15,18-20,24H,16-17,21-23,40H2,(H,41,43);(H,6,7). The second-order valence-corrected chi connectivity index (χ2v) is 12.1. The number of anilines is 1. The van der Waals surface area contributed by atoms with Crippen molar-refractivity contribution in [2.45, 2.75) is 44.8 Å². The smallest absolute Gasteiger partial charge is 0.475 e. The molecule has 0 aliphatic rings. The fourth-order valence-corrected chi connectivity index (χ4v) is 5.60. The summed E-state index contributed by atoms with van der Waals surface area (Å²) in [5.74, 6) is -2.64. The van der Waals surface area contributed by atoms with Gasteiger partial charge in [0.05, 0.1) is 17.8 Å². The van der Waals surface area contributed by atoms with E-state index in [4.69, 9.17) is 20.4 Å². The van der Waals surface area contributed by atoms with Gasteiger partial charge in [0.1, 0.15) is 5.75 Å². The molecule has 5 aromatic rings. The van der Waals surface area contributed by atoms with E-state index in [1.807, 2.05) is 53.9 Å². The van der Waals surface area contributed by atoms with Crippen LogP contribution in [0, 0.1) is 0 Å². The van der Waals surface area contributed by atoms with Crippen LogP contribution in [0.1, 0.15) is 35.1 Å². The summed E-state index contributed by atoms with van der Waals surface area (Å²) >= 11 is 1.61. The molecule has 278 valence electrons. The van der Waals surface area contributed by atoms with Crippen LogP contribution in [-0.4, -0.2) is 29.1 Å². The Morgan fingerprint density at radius 3 is 2.11 bits per heavy atom. The van der Waals surface area contributed by atoms with Crippen LogP contribution in [0.5, 0.6) is 11.5 Å². The first-order valence-electron chi connectivity index (χ1n) is 15.9. The third-order valence-corrected chi connectivity index (χ3v) is 8.26. The predicted octanol–water partition coefficient (Wildman–Crippen LogP) is 8.95. The van der Waals surface area contributed by atoms with Crippen molar-refractivity contribution in [3.63, 3.8) is 0 Å². The van der Waals surface area contributed by atoms with Crippen LogP contribution in [-0.2, 0) is 40.2 Å². The van der Waals surface area contributed by atoms with Gasteiger partial charge in [-0.15, -0.1) is 0 Å². The number of hydrogen-bond donors (Lipinski definition) is 3. The average molecular weight is 758 g/mol. The molecule has 2 amide bonds. The third-order valence-electron chi connectivity index (χ3n) is 7.58. The van der Waals surface area contributed by atoms with Crippen LogP contribution in [0.3, 0.4) is 0 Å². The van der Waals surface area contributed by atoms with Gasteiger partial charge in [0.25, 0.3) is 0 Å². The number of carboxylic acids is 1. The molecule has 1 heterocycles. The average Bonchev–Trinajstić information content (AvgIpc) is 3.68. The van der Waals surface area contributed by atoms with Crippen molar-refractivity contribution < 1.29 is 50.6 Å². The second-order valence-electron chi connectivity index (χ2n) is 11.3. The number of para-hydroxylation sites is 2. The number of hydrogen-bond acceptors (Lipinski definition) is 6. The maximum Gasteiger partial charge on any atom is 0.490 e. The topological polar surface area (TPSA) is 122 Å². The number of rotatable bonds is 12. The number of ether oxygens (including phenoxy) is 1. The lowest BCUT2D eigenvalue weighted by Gasteiger charge is -2.25. The molecule has 0 radical (unpaired) electrons. The molecule has 1 aromatic heterocycles. The molecule has 4 N–H and O–H groups in total. The van der Waals surface area contributed by atoms with Gasteiger partial charge >= 0.3 is 18.3 Å². The minimum absolute atomic E-state index is 0.0491. The molecule has 0 fully saturated rings. The van der Waals surface area contributed by atoms with Gasteiger partial charge in [0, 0.05) is 25.9 Å². The maximum atomic E-state index is 13.8. The number of carbonyl (C=O) groups is 3. The molecule has 0 spiro atoms. The first kappa shape index (κ1) is 40.1. The summed E-state index contributed by atoms with van der Waals surface area (Å²) in [6, 6.07) is 29.5. The molecule has 5 rings (SSSR count). The highest BCUT2D eigenvalue weighted by molar-refractivity contribution is 7.08. The fourth-order valence-electron chi connectivity index (χ4n) is 4.94. The van der Waals surface area contributed by atoms with E-state index >= 15 is 0 Å². The van der Waals surface area contributed by atoms with E-state index < -0.39 is 29.8 Å². The van der Waals surface area contributed by atoms with Gasteiger partial charge < -0.3 is 25.8 Å². The van der Waals surface area contributed by atoms with Crippen molar-refractivity contribution >= 4 is 34.8 Å². The number of alkyl halides is 6. The minimum atomic E-state index is -5.08. The van der Waals surface area contributed by atoms with Gasteiger partial charge in [-0.2, -0.15) is 37.7 Å². The number of nitrogens with zero attached hydrogens (tertiary/aromatic N) is 1. The van der Waals surface area contributed by atoms with Gasteiger partial charge in [0.2, 0.25) is 11.8 Å². The Bertz CT molecular complexity index is 1980. The van der Waals surface area contributed by atoms with Gasteiger partial charge in [-0.05, 0) is 75.0 Å². The molecule has 0 aliphatic heterocycles. The fraction of sp³-hybridized carbons (Fsp3) is 0.184. The highest BCUT2D eigenvalue weighted by Gasteiger charge is 2.38. The molecule has 8 nitrogen and oxygen atoms in total. The number of nitrogens with one attached hydrogen (secondary N) is 1. The van der Waals surface area contributed by atoms with E-state index in [0.717, 1.165) is 28.3 Å². The number of amides is 2. The summed E-state index contributed by atoms with van der Waals surface area (Å²) in [5.41, 5.74) is 9.36. The highest BCUT2D eigenvalue weighted by Crippen LogP contribution is 2.35. The van der Waals surface area contributed by atoms with Gasteiger partial charge in [-0.25, -0.2) is 4.79 Å². The van der Waals surface area contributed by atoms with Gasteiger partial charge in [0.15, 0.2) is 5.75 Å². The zero-order valence-corrected chi connectivity index (χ0v) is 28.6. The molecular formula is C38H33F6N3O5S. The second kappa shape index (κ2) is 18.2. The first-order chi connectivity index (χ1) is 25.2. The highest BCUT2D eigenvalue weighted by atomic mass is 32.1. The van der Waals surface area contributed by atoms with Crippen LogP contribution < -0.4 is 20.7 Å². The van der Waals surface area contributed by atoms with Gasteiger partial charge in [-0.3, -0.25) is 9.59 Å². The molecule has 0 aliphatic carbocycles. The summed E-state index contributed by atoms with van der Waals surface area (Å²) < 4.78 is 78.1. The largest absolute Gasteiger partial charge is 0.490 e. The number of carbonyl (C=O) groups excluding carboxylic acids is 2. The number of halogens is 6. The van der Waals surface area contributed by atoms with E-state index in [1.54, 1.807) is 46.6 Å². The maximum absolute atomic E-state index is 13.8. The Kier molecular flexibility index (Phi) is 13.8. The summed E-state index contributed by atoms with van der Waals surface area (Å²) in [5, 5.41) is 13.7. The SMILES string of the molecule is NCc1cccc(Oc2ccccc2N(Cc2ccc(-c3ccsc3)cc2)C(=O)CCC(=O)NCc2ccccc2C(F)(F)F)c1.O=C(O)C(F)(F)F. The van der Waals surface area contributed by atoms with Crippen LogP contribution in [0.15, 0.2) is 114 Å². The molecular weight excluding hydrogens is 724 g/mol. The normalized spacial score (nSPS) is 11.2. The van der Waals surface area contributed by atoms with Gasteiger partial charge in [-0.1, -0.05) is 66.7 Å². The molecule has 53 heavy (non-hydrogen) atoms. The number of nitrogens with two attached hydrogens (primary N) is 1. The van der Waals surface area contributed by atoms with Crippen molar-refractivity contribution in [2.24, 2.45) is 5.73 Å². The molecule has 0 bridgehead atoms. The van der Waals surface area contributed by atoms with E-state index in [9.17, 15) is 35.9 Å². The van der Waals surface area contributed by atoms with E-state index in [0.29, 0.717) is 23.7 Å². The quantitative estimate of drug-likeness (QED) is 0.109. The molecule has 0 atom stereocenters. The Balaban J connectivity index is 0.000000815. The van der Waals surface area contributed by atoms with Crippen molar-refractivity contribution in [3.8, 4) is 22.6 Å². The van der Waals surface area contributed by atoms with Crippen molar-refractivity contribution in [3.05, 3.63) is 136 Å². The predicted molar refractivity (Wildman–Crippen MR) is 188 cm³/mol. The van der Waals surface area contributed by atoms with Crippen molar-refractivity contribution in [2.75, 3.05) is 4.90 Å². The lowest BCUT2D eigenvalue weighted by atomic mass is 10.1. The Labute approximate surface area is 304 Å². The van der Waals surface area contributed by atoms with E-state index in [1.165, 1.54) is 18.2 Å². The molecule has 0 unspecified atom stereocenters. The Morgan fingerprint density at radius 1 is 0.792 bits per heavy atom. The number of benzene rings is 4. The zero-order valence-electron chi connectivity index (χ0n) is 27.8. The summed E-state index contributed by atoms with van der Waals surface area (Å²) in [6.07, 6.45) is -10.0. The monoisotopic (exact) mass is 757 g/mol. The molecule has 4 aromatic carbocycles. The Morgan fingerprint density at radius 2 is 1.47 bits per heavy atom. The number of aliphatic carboxylic acids is 1. The number of thiophene rings is 1. The summed E-state index contributed by atoms with van der Waals surface area (Å²) in [7, 11) is 0. The van der Waals surface area contributed by atoms with Crippen LogP contribution >= 0.6 is 11.3 Å².